The van der Waals surface area contributed by atoms with Gasteiger partial charge in [-0.25, -0.2) is 4.31 Å². The van der Waals surface area contributed by atoms with Crippen molar-refractivity contribution in [3.05, 3.63) is 24.3 Å². The molecule has 5 nitrogen and oxygen atoms in total. The van der Waals surface area contributed by atoms with E-state index in [0.29, 0.717) is 11.4 Å². The Bertz CT molecular complexity index is 514. The SMILES string of the molecule is O=C1CN(S(=O)(=O)Cl)c2ccccc2N1. The van der Waals surface area contributed by atoms with Gasteiger partial charge >= 0.3 is 9.24 Å². The van der Waals surface area contributed by atoms with Gasteiger partial charge in [-0.3, -0.25) is 4.79 Å². The molecule has 0 saturated heterocycles. The third kappa shape index (κ3) is 1.91. The molecule has 1 N–H and O–H groups in total. The highest BCUT2D eigenvalue weighted by molar-refractivity contribution is 8.14. The standard InChI is InChI=1S/C8H7ClN2O3S/c9-15(13,14)11-5-8(12)10-6-3-1-2-4-7(6)11/h1-4H,5H2,(H,10,12). The average Bonchev–Trinajstić information content (AvgIpc) is 2.15. The van der Waals surface area contributed by atoms with Crippen LogP contribution in [0.5, 0.6) is 0 Å². The van der Waals surface area contributed by atoms with E-state index in [0.717, 1.165) is 4.31 Å². The summed E-state index contributed by atoms with van der Waals surface area (Å²) in [5, 5.41) is 2.56. The molecule has 0 fully saturated rings. The Kier molecular flexibility index (Phi) is 2.32. The lowest BCUT2D eigenvalue weighted by Gasteiger charge is -2.27. The molecule has 0 atom stereocenters. The molecule has 1 heterocycles. The van der Waals surface area contributed by atoms with E-state index in [2.05, 4.69) is 5.32 Å². The summed E-state index contributed by atoms with van der Waals surface area (Å²) in [6, 6.07) is 6.56. The summed E-state index contributed by atoms with van der Waals surface area (Å²) >= 11 is 0. The zero-order chi connectivity index (χ0) is 11.1. The number of rotatable bonds is 1. The second kappa shape index (κ2) is 3.39. The Balaban J connectivity index is 2.57. The quantitative estimate of drug-likeness (QED) is 0.750. The molecule has 0 aromatic heterocycles. The van der Waals surface area contributed by atoms with Crippen LogP contribution in [-0.2, 0) is 14.0 Å². The lowest BCUT2D eigenvalue weighted by atomic mass is 10.2. The maximum atomic E-state index is 11.2. The minimum absolute atomic E-state index is 0.289. The summed E-state index contributed by atoms with van der Waals surface area (Å²) in [5.74, 6) is -0.405. The molecule has 0 saturated carbocycles. The van der Waals surface area contributed by atoms with Gasteiger partial charge in [0.2, 0.25) is 5.91 Å². The molecule has 1 aliphatic rings. The van der Waals surface area contributed by atoms with E-state index >= 15 is 0 Å². The van der Waals surface area contributed by atoms with Crippen LogP contribution in [0, 0.1) is 0 Å². The third-order valence-corrected chi connectivity index (χ3v) is 3.35. The number of fused-ring (bicyclic) bond motifs is 1. The Labute approximate surface area is 91.2 Å². The highest BCUT2D eigenvalue weighted by Gasteiger charge is 2.29. The molecule has 7 heteroatoms. The van der Waals surface area contributed by atoms with Gasteiger partial charge in [-0.1, -0.05) is 12.1 Å². The molecule has 80 valence electrons. The van der Waals surface area contributed by atoms with Crippen LogP contribution in [0.4, 0.5) is 11.4 Å². The van der Waals surface area contributed by atoms with Gasteiger partial charge in [0.05, 0.1) is 11.4 Å². The van der Waals surface area contributed by atoms with Crippen LogP contribution < -0.4 is 9.62 Å². The summed E-state index contributed by atoms with van der Waals surface area (Å²) in [7, 11) is 1.30. The molecular formula is C8H7ClN2O3S. The van der Waals surface area contributed by atoms with Gasteiger partial charge < -0.3 is 5.32 Å². The maximum absolute atomic E-state index is 11.2. The largest absolute Gasteiger partial charge is 0.323 e. The normalized spacial score (nSPS) is 15.8. The number of amides is 1. The van der Waals surface area contributed by atoms with Gasteiger partial charge in [0, 0.05) is 10.7 Å². The van der Waals surface area contributed by atoms with Crippen LogP contribution in [0.2, 0.25) is 0 Å². The fraction of sp³-hybridized carbons (Fsp3) is 0.125. The van der Waals surface area contributed by atoms with Gasteiger partial charge in [0.25, 0.3) is 0 Å². The van der Waals surface area contributed by atoms with Crippen LogP contribution >= 0.6 is 10.7 Å². The van der Waals surface area contributed by atoms with Crippen molar-refractivity contribution in [3.8, 4) is 0 Å². The van der Waals surface area contributed by atoms with Crippen LogP contribution in [0.25, 0.3) is 0 Å². The molecule has 0 bridgehead atoms. The van der Waals surface area contributed by atoms with Crippen molar-refractivity contribution in [1.82, 2.24) is 0 Å². The molecular weight excluding hydrogens is 240 g/mol. The summed E-state index contributed by atoms with van der Waals surface area (Å²) in [4.78, 5) is 11.2. The minimum atomic E-state index is -3.93. The predicted molar refractivity (Wildman–Crippen MR) is 57.2 cm³/mol. The topological polar surface area (TPSA) is 66.5 Å². The van der Waals surface area contributed by atoms with E-state index in [9.17, 15) is 13.2 Å². The fourth-order valence-electron chi connectivity index (χ4n) is 1.40. The molecule has 1 aliphatic heterocycles. The summed E-state index contributed by atoms with van der Waals surface area (Å²) in [5.41, 5.74) is 0.824. The Morgan fingerprint density at radius 3 is 2.67 bits per heavy atom. The smallest absolute Gasteiger partial charge is 0.322 e. The first-order valence-corrected chi connectivity index (χ1v) is 6.36. The lowest BCUT2D eigenvalue weighted by molar-refractivity contribution is -0.115. The number of carbonyl (C=O) groups excluding carboxylic acids is 1. The highest BCUT2D eigenvalue weighted by Crippen LogP contribution is 2.31. The highest BCUT2D eigenvalue weighted by atomic mass is 35.7. The van der Waals surface area contributed by atoms with E-state index in [1.54, 1.807) is 24.3 Å². The molecule has 0 aliphatic carbocycles. The summed E-state index contributed by atoms with van der Waals surface area (Å²) in [6.07, 6.45) is 0. The van der Waals surface area contributed by atoms with Gasteiger partial charge in [0.15, 0.2) is 0 Å². The first-order chi connectivity index (χ1) is 6.98. The number of halogens is 1. The van der Waals surface area contributed by atoms with Gasteiger partial charge in [-0.15, -0.1) is 0 Å². The minimum Gasteiger partial charge on any atom is -0.323 e. The van der Waals surface area contributed by atoms with E-state index in [1.165, 1.54) is 0 Å². The van der Waals surface area contributed by atoms with Crippen molar-refractivity contribution in [3.63, 3.8) is 0 Å². The molecule has 0 unspecified atom stereocenters. The second-order valence-electron chi connectivity index (χ2n) is 3.01. The van der Waals surface area contributed by atoms with Crippen molar-refractivity contribution in [2.45, 2.75) is 0 Å². The fourth-order valence-corrected chi connectivity index (χ4v) is 2.43. The number of nitrogens with one attached hydrogen (secondary N) is 1. The number of para-hydroxylation sites is 2. The maximum Gasteiger partial charge on any atom is 0.322 e. The molecule has 0 radical (unpaired) electrons. The van der Waals surface area contributed by atoms with Crippen molar-refractivity contribution in [2.75, 3.05) is 16.2 Å². The second-order valence-corrected chi connectivity index (χ2v) is 5.45. The third-order valence-electron chi connectivity index (χ3n) is 2.00. The van der Waals surface area contributed by atoms with Crippen molar-refractivity contribution < 1.29 is 13.2 Å². The molecule has 15 heavy (non-hydrogen) atoms. The molecule has 1 amide bonds. The first kappa shape index (κ1) is 10.3. The van der Waals surface area contributed by atoms with Crippen molar-refractivity contribution in [1.29, 1.82) is 0 Å². The number of hydrogen-bond donors (Lipinski definition) is 1. The Hall–Kier alpha value is -1.27. The number of hydrogen-bond acceptors (Lipinski definition) is 3. The van der Waals surface area contributed by atoms with Gasteiger partial charge in [-0.2, -0.15) is 8.42 Å². The molecule has 1 aromatic rings. The Morgan fingerprint density at radius 1 is 1.33 bits per heavy atom. The number of benzene rings is 1. The molecule has 1 aromatic carbocycles. The lowest BCUT2D eigenvalue weighted by Crippen LogP contribution is -2.39. The zero-order valence-electron chi connectivity index (χ0n) is 7.47. The molecule has 2 rings (SSSR count). The van der Waals surface area contributed by atoms with E-state index < -0.39 is 15.1 Å². The van der Waals surface area contributed by atoms with Crippen LogP contribution in [0.1, 0.15) is 0 Å². The number of carbonyl (C=O) groups is 1. The van der Waals surface area contributed by atoms with Crippen LogP contribution in [0.3, 0.4) is 0 Å². The van der Waals surface area contributed by atoms with Crippen LogP contribution in [0.15, 0.2) is 24.3 Å². The monoisotopic (exact) mass is 246 g/mol. The van der Waals surface area contributed by atoms with Crippen LogP contribution in [-0.4, -0.2) is 20.9 Å². The van der Waals surface area contributed by atoms with E-state index in [1.807, 2.05) is 0 Å². The number of anilines is 2. The van der Waals surface area contributed by atoms with Crippen molar-refractivity contribution >= 4 is 37.2 Å². The zero-order valence-corrected chi connectivity index (χ0v) is 9.05. The van der Waals surface area contributed by atoms with E-state index in [4.69, 9.17) is 10.7 Å². The average molecular weight is 247 g/mol. The first-order valence-electron chi connectivity index (χ1n) is 4.10. The predicted octanol–water partition coefficient (Wildman–Crippen LogP) is 0.929. The Morgan fingerprint density at radius 2 is 2.00 bits per heavy atom. The van der Waals surface area contributed by atoms with E-state index in [-0.39, 0.29) is 6.54 Å². The van der Waals surface area contributed by atoms with Gasteiger partial charge in [-0.05, 0) is 12.1 Å². The summed E-state index contributed by atoms with van der Waals surface area (Å²) in [6.45, 7) is -0.289. The van der Waals surface area contributed by atoms with Gasteiger partial charge in [0.1, 0.15) is 6.54 Å². The number of nitrogens with zero attached hydrogens (tertiary/aromatic N) is 1. The molecule has 0 spiro atoms. The summed E-state index contributed by atoms with van der Waals surface area (Å²) < 4.78 is 23.3. The van der Waals surface area contributed by atoms with Crippen molar-refractivity contribution in [2.24, 2.45) is 0 Å².